The molecule has 136 valence electrons. The van der Waals surface area contributed by atoms with Gasteiger partial charge in [-0.25, -0.2) is 0 Å². The third-order valence-electron chi connectivity index (χ3n) is 3.79. The first-order chi connectivity index (χ1) is 11.0. The summed E-state index contributed by atoms with van der Waals surface area (Å²) in [5.41, 5.74) is 0.970. The predicted octanol–water partition coefficient (Wildman–Crippen LogP) is 3.25. The molecule has 2 unspecified atom stereocenters. The van der Waals surface area contributed by atoms with Crippen LogP contribution < -0.4 is 5.32 Å². The van der Waals surface area contributed by atoms with Crippen molar-refractivity contribution in [3.8, 4) is 0 Å². The Morgan fingerprint density at radius 2 is 2.00 bits per heavy atom. The normalized spacial score (nSPS) is 21.1. The summed E-state index contributed by atoms with van der Waals surface area (Å²) in [7, 11) is 3.55. The predicted molar refractivity (Wildman–Crippen MR) is 103 cm³/mol. The summed E-state index contributed by atoms with van der Waals surface area (Å²) in [6.07, 6.45) is 9.95. The summed E-state index contributed by atoms with van der Waals surface area (Å²) in [5.74, 6) is 0.676. The van der Waals surface area contributed by atoms with E-state index in [1.807, 2.05) is 6.08 Å². The highest BCUT2D eigenvalue weighted by Gasteiger charge is 2.20. The lowest BCUT2D eigenvalue weighted by Crippen LogP contribution is -2.36. The lowest BCUT2D eigenvalue weighted by molar-refractivity contribution is -0.122. The Morgan fingerprint density at radius 3 is 2.48 bits per heavy atom. The molecule has 3 N–H and O–H groups in total. The largest absolute Gasteiger partial charge is 0.396 e. The number of aliphatic hydroxyl groups is 2. The van der Waals surface area contributed by atoms with Crippen LogP contribution in [-0.4, -0.2) is 47.9 Å². The van der Waals surface area contributed by atoms with Crippen LogP contribution in [-0.2, 0) is 4.79 Å². The van der Waals surface area contributed by atoms with Crippen LogP contribution in [0.15, 0.2) is 11.6 Å². The van der Waals surface area contributed by atoms with E-state index in [0.717, 1.165) is 31.3 Å². The van der Waals surface area contributed by atoms with Crippen LogP contribution in [0.2, 0.25) is 0 Å². The Bertz CT molecular complexity index is 347. The second-order valence-corrected chi connectivity index (χ2v) is 8.90. The molecule has 0 aromatic rings. The first kappa shape index (κ1) is 22.8. The van der Waals surface area contributed by atoms with Crippen molar-refractivity contribution >= 4 is 27.5 Å². The van der Waals surface area contributed by atoms with E-state index in [-0.39, 0.29) is 31.1 Å². The van der Waals surface area contributed by atoms with Crippen LogP contribution in [0.25, 0.3) is 0 Å². The topological polar surface area (TPSA) is 69.6 Å². The number of hydrogen-bond donors (Lipinski definition) is 3. The number of carbonyl (C=O) groups is 1. The number of carbonyl (C=O) groups excluding carboxylic acids is 1. The molecule has 1 rings (SSSR count). The molecule has 0 aliphatic heterocycles. The highest BCUT2D eigenvalue weighted by Crippen LogP contribution is 2.22. The maximum atomic E-state index is 11.8. The highest BCUT2D eigenvalue weighted by molar-refractivity contribution is 8.76. The molecule has 0 heterocycles. The van der Waals surface area contributed by atoms with Gasteiger partial charge < -0.3 is 15.5 Å². The molecule has 0 aromatic carbocycles. The number of rotatable bonds is 7. The Morgan fingerprint density at radius 1 is 1.35 bits per heavy atom. The molecule has 0 saturated heterocycles. The maximum absolute atomic E-state index is 11.8. The minimum absolute atomic E-state index is 0.0417. The van der Waals surface area contributed by atoms with Crippen LogP contribution >= 0.6 is 21.6 Å². The van der Waals surface area contributed by atoms with Gasteiger partial charge in [0.05, 0.1) is 6.61 Å². The average molecular weight is 364 g/mol. The molecule has 2 atom stereocenters. The number of amides is 1. The van der Waals surface area contributed by atoms with Crippen molar-refractivity contribution in [1.29, 1.82) is 0 Å². The minimum Gasteiger partial charge on any atom is -0.396 e. The molecule has 0 aromatic heterocycles. The molecule has 1 aliphatic carbocycles. The fraction of sp³-hybridized carbons (Fsp3) is 0.824. The summed E-state index contributed by atoms with van der Waals surface area (Å²) in [5, 5.41) is 21.6. The molecule has 0 spiro atoms. The van der Waals surface area contributed by atoms with E-state index < -0.39 is 0 Å². The lowest BCUT2D eigenvalue weighted by Gasteiger charge is -2.19. The first-order valence-electron chi connectivity index (χ1n) is 8.24. The van der Waals surface area contributed by atoms with E-state index in [0.29, 0.717) is 12.3 Å². The molecule has 0 bridgehead atoms. The van der Waals surface area contributed by atoms with Gasteiger partial charge in [-0.15, -0.1) is 0 Å². The monoisotopic (exact) mass is 363 g/mol. The van der Waals surface area contributed by atoms with Gasteiger partial charge in [0.2, 0.25) is 5.91 Å². The highest BCUT2D eigenvalue weighted by atomic mass is 33.1. The Labute approximate surface area is 149 Å². The van der Waals surface area contributed by atoms with Crippen molar-refractivity contribution in [2.24, 2.45) is 11.8 Å². The van der Waals surface area contributed by atoms with E-state index >= 15 is 0 Å². The van der Waals surface area contributed by atoms with Crippen molar-refractivity contribution in [3.05, 3.63) is 11.6 Å². The van der Waals surface area contributed by atoms with Gasteiger partial charge in [-0.2, -0.15) is 0 Å². The van der Waals surface area contributed by atoms with Crippen molar-refractivity contribution in [1.82, 2.24) is 5.32 Å². The van der Waals surface area contributed by atoms with Gasteiger partial charge >= 0.3 is 0 Å². The van der Waals surface area contributed by atoms with E-state index in [1.165, 1.54) is 0 Å². The molecule has 0 fully saturated rings. The lowest BCUT2D eigenvalue weighted by atomic mass is 10.00. The molecule has 23 heavy (non-hydrogen) atoms. The van der Waals surface area contributed by atoms with E-state index in [2.05, 4.69) is 31.7 Å². The quantitative estimate of drug-likeness (QED) is 0.478. The molecule has 0 saturated carbocycles. The van der Waals surface area contributed by atoms with Gasteiger partial charge in [0.1, 0.15) is 0 Å². The van der Waals surface area contributed by atoms with Crippen LogP contribution in [0.5, 0.6) is 0 Å². The van der Waals surface area contributed by atoms with E-state index in [1.54, 1.807) is 21.6 Å². The second kappa shape index (κ2) is 14.2. The van der Waals surface area contributed by atoms with Crippen molar-refractivity contribution < 1.29 is 15.0 Å². The van der Waals surface area contributed by atoms with E-state index in [9.17, 15) is 15.0 Å². The van der Waals surface area contributed by atoms with Crippen molar-refractivity contribution in [3.63, 3.8) is 0 Å². The molecule has 1 amide bonds. The SMILES string of the molecule is CC(C)CCC(=O)NC1CCC(CO)=CC(CO)C1.CSSC. The Hall–Kier alpha value is -0.170. The standard InChI is InChI=1S/C15H27NO3.C2H6S2/c1-11(2)3-6-15(19)16-14-5-4-12(9-17)7-13(8-14)10-18;1-3-4-2/h7,11,13-14,17-18H,3-6,8-10H2,1-2H3,(H,16,19);1-2H3. The Kier molecular flexibility index (Phi) is 14.1. The smallest absolute Gasteiger partial charge is 0.220 e. The zero-order chi connectivity index (χ0) is 17.7. The van der Waals surface area contributed by atoms with Crippen molar-refractivity contribution in [2.75, 3.05) is 25.7 Å². The van der Waals surface area contributed by atoms with Gasteiger partial charge in [-0.3, -0.25) is 4.79 Å². The third kappa shape index (κ3) is 11.9. The zero-order valence-corrected chi connectivity index (χ0v) is 16.5. The summed E-state index contributed by atoms with van der Waals surface area (Å²) in [6, 6.07) is 0.108. The van der Waals surface area contributed by atoms with Gasteiger partial charge in [-0.1, -0.05) is 41.5 Å². The molecule has 4 nitrogen and oxygen atoms in total. The number of nitrogens with one attached hydrogen (secondary N) is 1. The van der Waals surface area contributed by atoms with Crippen LogP contribution in [0.4, 0.5) is 0 Å². The molecular formula is C17H33NO3S2. The van der Waals surface area contributed by atoms with Gasteiger partial charge in [0.15, 0.2) is 0 Å². The third-order valence-corrected chi connectivity index (χ3v) is 5.12. The maximum Gasteiger partial charge on any atom is 0.220 e. The summed E-state index contributed by atoms with van der Waals surface area (Å²) < 4.78 is 0. The van der Waals surface area contributed by atoms with Crippen LogP contribution in [0, 0.1) is 11.8 Å². The van der Waals surface area contributed by atoms with Crippen LogP contribution in [0.1, 0.15) is 46.0 Å². The van der Waals surface area contributed by atoms with Gasteiger partial charge in [0, 0.05) is 25.0 Å². The Balaban J connectivity index is 0.00000108. The van der Waals surface area contributed by atoms with Gasteiger partial charge in [-0.05, 0) is 49.7 Å². The molecule has 6 heteroatoms. The summed E-state index contributed by atoms with van der Waals surface area (Å²) in [6.45, 7) is 4.34. The fourth-order valence-electron chi connectivity index (χ4n) is 2.44. The first-order valence-corrected chi connectivity index (χ1v) is 11.2. The minimum atomic E-state index is 0.0417. The number of aliphatic hydroxyl groups excluding tert-OH is 2. The fourth-order valence-corrected chi connectivity index (χ4v) is 2.44. The second-order valence-electron chi connectivity index (χ2n) is 6.23. The zero-order valence-electron chi connectivity index (χ0n) is 14.9. The van der Waals surface area contributed by atoms with Gasteiger partial charge in [0.25, 0.3) is 0 Å². The van der Waals surface area contributed by atoms with E-state index in [4.69, 9.17) is 0 Å². The summed E-state index contributed by atoms with van der Waals surface area (Å²) >= 11 is 0. The van der Waals surface area contributed by atoms with Crippen molar-refractivity contribution in [2.45, 2.75) is 52.0 Å². The summed E-state index contributed by atoms with van der Waals surface area (Å²) in [4.78, 5) is 11.8. The molecule has 1 aliphatic rings. The number of hydrogen-bond acceptors (Lipinski definition) is 5. The van der Waals surface area contributed by atoms with Crippen LogP contribution in [0.3, 0.4) is 0 Å². The molecular weight excluding hydrogens is 330 g/mol. The molecule has 0 radical (unpaired) electrons. The average Bonchev–Trinajstić information content (AvgIpc) is 2.75.